The molecule has 0 atom stereocenters. The summed E-state index contributed by atoms with van der Waals surface area (Å²) in [5, 5.41) is 7.34. The van der Waals surface area contributed by atoms with E-state index in [0.29, 0.717) is 11.5 Å². The molecule has 0 aromatic rings. The maximum atomic E-state index is 5.20. The van der Waals surface area contributed by atoms with Gasteiger partial charge in [0.05, 0.1) is 0 Å². The summed E-state index contributed by atoms with van der Waals surface area (Å²) < 4.78 is 0. The maximum absolute atomic E-state index is 5.20. The third-order valence-electron chi connectivity index (χ3n) is 3.21. The zero-order chi connectivity index (χ0) is 10.6. The van der Waals surface area contributed by atoms with E-state index in [1.165, 1.54) is 25.7 Å². The normalized spacial score (nSPS) is 18.9. The van der Waals surface area contributed by atoms with Gasteiger partial charge in [-0.05, 0) is 50.7 Å². The molecule has 0 spiro atoms. The van der Waals surface area contributed by atoms with Crippen LogP contribution in [0.2, 0.25) is 0 Å². The molecule has 0 saturated heterocycles. The summed E-state index contributed by atoms with van der Waals surface area (Å²) in [6, 6.07) is 0.425. The molecule has 2 nitrogen and oxygen atoms in total. The second kappa shape index (κ2) is 4.96. The van der Waals surface area contributed by atoms with E-state index in [1.807, 2.05) is 0 Å². The first-order valence-electron chi connectivity index (χ1n) is 5.62. The van der Waals surface area contributed by atoms with Gasteiger partial charge in [-0.2, -0.15) is 0 Å². The van der Waals surface area contributed by atoms with E-state index in [9.17, 15) is 0 Å². The van der Waals surface area contributed by atoms with Crippen LogP contribution in [0.25, 0.3) is 0 Å². The highest BCUT2D eigenvalue weighted by molar-refractivity contribution is 7.80. The molecule has 3 heteroatoms. The highest BCUT2D eigenvalue weighted by Gasteiger charge is 2.34. The smallest absolute Gasteiger partial charge is 0.166 e. The first kappa shape index (κ1) is 11.8. The summed E-state index contributed by atoms with van der Waals surface area (Å²) in [7, 11) is 0. The first-order chi connectivity index (χ1) is 6.58. The Kier molecular flexibility index (Phi) is 4.17. The fourth-order valence-corrected chi connectivity index (χ4v) is 2.22. The van der Waals surface area contributed by atoms with Gasteiger partial charge >= 0.3 is 0 Å². The molecule has 1 saturated carbocycles. The van der Waals surface area contributed by atoms with Crippen LogP contribution in [0.4, 0.5) is 0 Å². The number of rotatable bonds is 4. The van der Waals surface area contributed by atoms with E-state index in [2.05, 4.69) is 31.4 Å². The van der Waals surface area contributed by atoms with Crippen molar-refractivity contribution in [3.05, 3.63) is 0 Å². The Morgan fingerprint density at radius 1 is 1.43 bits per heavy atom. The van der Waals surface area contributed by atoms with Gasteiger partial charge in [0.2, 0.25) is 0 Å². The Morgan fingerprint density at radius 3 is 2.43 bits per heavy atom. The number of nitrogens with one attached hydrogen (secondary N) is 2. The summed E-state index contributed by atoms with van der Waals surface area (Å²) >= 11 is 5.20. The molecule has 2 N–H and O–H groups in total. The van der Waals surface area contributed by atoms with E-state index >= 15 is 0 Å². The van der Waals surface area contributed by atoms with Crippen LogP contribution < -0.4 is 10.6 Å². The number of thiocarbonyl (C=S) groups is 1. The molecule has 0 aliphatic heterocycles. The van der Waals surface area contributed by atoms with Crippen LogP contribution >= 0.6 is 12.2 Å². The first-order valence-corrected chi connectivity index (χ1v) is 6.03. The van der Waals surface area contributed by atoms with Crippen LogP contribution in [0.3, 0.4) is 0 Å². The van der Waals surface area contributed by atoms with Crippen LogP contribution in [-0.4, -0.2) is 17.7 Å². The minimum atomic E-state index is 0.425. The van der Waals surface area contributed by atoms with Gasteiger partial charge in [0, 0.05) is 12.6 Å². The van der Waals surface area contributed by atoms with Gasteiger partial charge in [-0.25, -0.2) is 0 Å². The van der Waals surface area contributed by atoms with Crippen molar-refractivity contribution >= 4 is 17.3 Å². The lowest BCUT2D eigenvalue weighted by molar-refractivity contribution is 0.131. The SMILES string of the molecule is CCC1(CNC(=S)NC(C)C)CCC1. The highest BCUT2D eigenvalue weighted by Crippen LogP contribution is 2.42. The number of hydrogen-bond donors (Lipinski definition) is 2. The van der Waals surface area contributed by atoms with Crippen molar-refractivity contribution in [2.24, 2.45) is 5.41 Å². The Morgan fingerprint density at radius 2 is 2.07 bits per heavy atom. The molecule has 82 valence electrons. The minimum Gasteiger partial charge on any atom is -0.362 e. The van der Waals surface area contributed by atoms with E-state index in [0.717, 1.165) is 11.7 Å². The second-order valence-electron chi connectivity index (χ2n) is 4.69. The molecule has 14 heavy (non-hydrogen) atoms. The van der Waals surface area contributed by atoms with Gasteiger partial charge in [-0.3, -0.25) is 0 Å². The minimum absolute atomic E-state index is 0.425. The lowest BCUT2D eigenvalue weighted by Gasteiger charge is -2.41. The largest absolute Gasteiger partial charge is 0.362 e. The molecule has 0 amide bonds. The third-order valence-corrected chi connectivity index (χ3v) is 3.47. The fraction of sp³-hybridized carbons (Fsp3) is 0.909. The fourth-order valence-electron chi connectivity index (χ4n) is 1.91. The van der Waals surface area contributed by atoms with Crippen LogP contribution in [0.15, 0.2) is 0 Å². The average Bonchev–Trinajstić information content (AvgIpc) is 2.01. The molecule has 0 unspecified atom stereocenters. The summed E-state index contributed by atoms with van der Waals surface area (Å²) in [6.45, 7) is 7.53. The summed E-state index contributed by atoms with van der Waals surface area (Å²) in [4.78, 5) is 0. The Balaban J connectivity index is 2.22. The molecule has 1 fully saturated rings. The van der Waals surface area contributed by atoms with Gasteiger partial charge in [0.25, 0.3) is 0 Å². The Labute approximate surface area is 92.8 Å². The van der Waals surface area contributed by atoms with Crippen molar-refractivity contribution in [2.75, 3.05) is 6.54 Å². The van der Waals surface area contributed by atoms with Gasteiger partial charge in [0.15, 0.2) is 5.11 Å². The molecule has 1 aliphatic rings. The topological polar surface area (TPSA) is 24.1 Å². The van der Waals surface area contributed by atoms with Gasteiger partial charge in [0.1, 0.15) is 0 Å². The Hall–Kier alpha value is -0.310. The van der Waals surface area contributed by atoms with Crippen LogP contribution in [-0.2, 0) is 0 Å². The maximum Gasteiger partial charge on any atom is 0.166 e. The zero-order valence-electron chi connectivity index (χ0n) is 9.52. The van der Waals surface area contributed by atoms with Gasteiger partial charge < -0.3 is 10.6 Å². The van der Waals surface area contributed by atoms with E-state index in [1.54, 1.807) is 0 Å². The molecular formula is C11H22N2S. The van der Waals surface area contributed by atoms with Crippen molar-refractivity contribution in [3.63, 3.8) is 0 Å². The Bertz CT molecular complexity index is 192. The molecule has 0 radical (unpaired) electrons. The van der Waals surface area contributed by atoms with Crippen LogP contribution in [0.5, 0.6) is 0 Å². The van der Waals surface area contributed by atoms with Crippen LogP contribution in [0.1, 0.15) is 46.5 Å². The lowest BCUT2D eigenvalue weighted by atomic mass is 9.67. The van der Waals surface area contributed by atoms with E-state index < -0.39 is 0 Å². The van der Waals surface area contributed by atoms with Crippen molar-refractivity contribution in [3.8, 4) is 0 Å². The van der Waals surface area contributed by atoms with Crippen molar-refractivity contribution in [1.82, 2.24) is 10.6 Å². The molecular weight excluding hydrogens is 192 g/mol. The summed E-state index contributed by atoms with van der Waals surface area (Å²) in [5.41, 5.74) is 0.544. The van der Waals surface area contributed by atoms with Crippen molar-refractivity contribution < 1.29 is 0 Å². The van der Waals surface area contributed by atoms with Crippen molar-refractivity contribution in [2.45, 2.75) is 52.5 Å². The number of hydrogen-bond acceptors (Lipinski definition) is 1. The second-order valence-corrected chi connectivity index (χ2v) is 5.10. The molecule has 0 heterocycles. The quantitative estimate of drug-likeness (QED) is 0.703. The highest BCUT2D eigenvalue weighted by atomic mass is 32.1. The van der Waals surface area contributed by atoms with Crippen molar-refractivity contribution in [1.29, 1.82) is 0 Å². The molecule has 0 aromatic heterocycles. The summed E-state index contributed by atoms with van der Waals surface area (Å²) in [6.07, 6.45) is 5.38. The predicted octanol–water partition coefficient (Wildman–Crippen LogP) is 2.44. The summed E-state index contributed by atoms with van der Waals surface area (Å²) in [5.74, 6) is 0. The van der Waals surface area contributed by atoms with Gasteiger partial charge in [-0.15, -0.1) is 0 Å². The van der Waals surface area contributed by atoms with E-state index in [-0.39, 0.29) is 0 Å². The standard InChI is InChI=1S/C11H22N2S/c1-4-11(6-5-7-11)8-12-10(14)13-9(2)3/h9H,4-8H2,1-3H3,(H2,12,13,14). The zero-order valence-corrected chi connectivity index (χ0v) is 10.3. The molecule has 1 aliphatic carbocycles. The average molecular weight is 214 g/mol. The molecule has 1 rings (SSSR count). The third kappa shape index (κ3) is 3.12. The predicted molar refractivity (Wildman–Crippen MR) is 65.4 cm³/mol. The molecule has 0 aromatic carbocycles. The monoisotopic (exact) mass is 214 g/mol. The van der Waals surface area contributed by atoms with Gasteiger partial charge in [-0.1, -0.05) is 13.3 Å². The van der Waals surface area contributed by atoms with Crippen LogP contribution in [0, 0.1) is 5.41 Å². The van der Waals surface area contributed by atoms with E-state index in [4.69, 9.17) is 12.2 Å². The molecule has 0 bridgehead atoms. The lowest BCUT2D eigenvalue weighted by Crippen LogP contribution is -2.46.